The number of carbonyl (C=O) groups excluding carboxylic acids is 1. The summed E-state index contributed by atoms with van der Waals surface area (Å²) in [6, 6.07) is 0.326. The Morgan fingerprint density at radius 1 is 1.22 bits per heavy atom. The lowest BCUT2D eigenvalue weighted by Crippen LogP contribution is -2.45. The molecule has 132 valence electrons. The van der Waals surface area contributed by atoms with Gasteiger partial charge in [-0.3, -0.25) is 9.79 Å². The fourth-order valence-corrected chi connectivity index (χ4v) is 3.71. The third kappa shape index (κ3) is 5.40. The van der Waals surface area contributed by atoms with Crippen molar-refractivity contribution in [2.45, 2.75) is 65.3 Å². The first-order valence-corrected chi connectivity index (χ1v) is 9.46. The third-order valence-electron chi connectivity index (χ3n) is 5.30. The Labute approximate surface area is 141 Å². The van der Waals surface area contributed by atoms with Crippen LogP contribution in [0.25, 0.3) is 0 Å². The summed E-state index contributed by atoms with van der Waals surface area (Å²) in [5.74, 6) is 2.69. The van der Waals surface area contributed by atoms with E-state index in [-0.39, 0.29) is 5.91 Å². The molecular weight excluding hydrogens is 288 g/mol. The van der Waals surface area contributed by atoms with Gasteiger partial charge in [-0.1, -0.05) is 33.1 Å². The Morgan fingerprint density at radius 3 is 2.70 bits per heavy atom. The number of nitrogens with one attached hydrogen (secondary N) is 2. The number of aliphatic imine (C=N–C) groups is 1. The van der Waals surface area contributed by atoms with Crippen molar-refractivity contribution in [3.05, 3.63) is 0 Å². The van der Waals surface area contributed by atoms with Crippen molar-refractivity contribution in [3.8, 4) is 0 Å². The van der Waals surface area contributed by atoms with Crippen LogP contribution in [0, 0.1) is 11.8 Å². The van der Waals surface area contributed by atoms with Gasteiger partial charge >= 0.3 is 0 Å². The lowest BCUT2D eigenvalue weighted by Gasteiger charge is -2.27. The Bertz CT molecular complexity index is 410. The maximum Gasteiger partial charge on any atom is 0.222 e. The molecule has 0 radical (unpaired) electrons. The first-order valence-electron chi connectivity index (χ1n) is 9.46. The molecule has 0 spiro atoms. The summed E-state index contributed by atoms with van der Waals surface area (Å²) < 4.78 is 0. The average molecular weight is 322 g/mol. The molecule has 23 heavy (non-hydrogen) atoms. The highest BCUT2D eigenvalue weighted by molar-refractivity contribution is 5.80. The Balaban J connectivity index is 1.85. The number of guanidine groups is 1. The molecule has 2 N–H and O–H groups in total. The summed E-state index contributed by atoms with van der Waals surface area (Å²) in [4.78, 5) is 18.6. The van der Waals surface area contributed by atoms with E-state index >= 15 is 0 Å². The van der Waals surface area contributed by atoms with Crippen LogP contribution in [0.15, 0.2) is 4.99 Å². The predicted molar refractivity (Wildman–Crippen MR) is 95.5 cm³/mol. The van der Waals surface area contributed by atoms with Gasteiger partial charge in [0.15, 0.2) is 5.96 Å². The first-order chi connectivity index (χ1) is 11.1. The lowest BCUT2D eigenvalue weighted by molar-refractivity contribution is -0.129. The number of hydrogen-bond donors (Lipinski definition) is 2. The molecule has 3 atom stereocenters. The van der Waals surface area contributed by atoms with Crippen LogP contribution < -0.4 is 10.6 Å². The zero-order valence-corrected chi connectivity index (χ0v) is 15.1. The van der Waals surface area contributed by atoms with Crippen molar-refractivity contribution in [2.75, 3.05) is 26.2 Å². The van der Waals surface area contributed by atoms with Crippen LogP contribution in [0.4, 0.5) is 0 Å². The molecule has 1 amide bonds. The number of nitrogens with zero attached hydrogens (tertiary/aromatic N) is 2. The molecule has 1 aliphatic carbocycles. The van der Waals surface area contributed by atoms with Crippen LogP contribution >= 0.6 is 0 Å². The minimum Gasteiger partial charge on any atom is -0.357 e. The van der Waals surface area contributed by atoms with Gasteiger partial charge in [0, 0.05) is 38.6 Å². The van der Waals surface area contributed by atoms with E-state index < -0.39 is 0 Å². The van der Waals surface area contributed by atoms with E-state index in [2.05, 4.69) is 24.5 Å². The van der Waals surface area contributed by atoms with Crippen molar-refractivity contribution >= 4 is 11.9 Å². The first kappa shape index (κ1) is 18.1. The van der Waals surface area contributed by atoms with E-state index in [9.17, 15) is 4.79 Å². The number of amides is 1. The maximum atomic E-state index is 11.8. The van der Waals surface area contributed by atoms with Gasteiger partial charge in [0.25, 0.3) is 0 Å². The Morgan fingerprint density at radius 2 is 2.00 bits per heavy atom. The largest absolute Gasteiger partial charge is 0.357 e. The smallest absolute Gasteiger partial charge is 0.222 e. The second kappa shape index (κ2) is 9.14. The van der Waals surface area contributed by atoms with Crippen LogP contribution in [-0.2, 0) is 4.79 Å². The maximum absolute atomic E-state index is 11.8. The summed E-state index contributed by atoms with van der Waals surface area (Å²) >= 11 is 0. The molecule has 1 saturated heterocycles. The zero-order chi connectivity index (χ0) is 16.7. The number of carbonyl (C=O) groups is 1. The van der Waals surface area contributed by atoms with Gasteiger partial charge in [0.2, 0.25) is 5.91 Å². The molecule has 5 nitrogen and oxygen atoms in total. The summed E-state index contributed by atoms with van der Waals surface area (Å²) in [6.07, 6.45) is 7.00. The summed E-state index contributed by atoms with van der Waals surface area (Å²) in [7, 11) is 0. The minimum atomic E-state index is 0.257. The van der Waals surface area contributed by atoms with Gasteiger partial charge in [-0.25, -0.2) is 0 Å². The lowest BCUT2D eigenvalue weighted by atomic mass is 9.80. The van der Waals surface area contributed by atoms with Crippen LogP contribution in [-0.4, -0.2) is 49.0 Å². The Hall–Kier alpha value is -1.26. The van der Waals surface area contributed by atoms with E-state index in [1.165, 1.54) is 25.7 Å². The molecule has 2 rings (SSSR count). The van der Waals surface area contributed by atoms with Crippen molar-refractivity contribution in [2.24, 2.45) is 16.8 Å². The molecule has 1 heterocycles. The molecule has 1 aliphatic heterocycles. The van der Waals surface area contributed by atoms with Crippen LogP contribution in [0.2, 0.25) is 0 Å². The second-order valence-corrected chi connectivity index (χ2v) is 7.06. The van der Waals surface area contributed by atoms with E-state index in [0.717, 1.165) is 50.4 Å². The normalized spacial score (nSPS) is 28.7. The molecule has 1 saturated carbocycles. The van der Waals surface area contributed by atoms with E-state index in [1.807, 2.05) is 11.8 Å². The third-order valence-corrected chi connectivity index (χ3v) is 5.30. The quantitative estimate of drug-likeness (QED) is 0.603. The van der Waals surface area contributed by atoms with Gasteiger partial charge in [-0.05, 0) is 31.6 Å². The molecule has 2 aliphatic rings. The summed E-state index contributed by atoms with van der Waals surface area (Å²) in [6.45, 7) is 9.85. The topological polar surface area (TPSA) is 56.7 Å². The van der Waals surface area contributed by atoms with Crippen molar-refractivity contribution in [1.29, 1.82) is 0 Å². The highest BCUT2D eigenvalue weighted by atomic mass is 16.2. The van der Waals surface area contributed by atoms with Crippen molar-refractivity contribution < 1.29 is 4.79 Å². The molecule has 0 aromatic heterocycles. The fraction of sp³-hybridized carbons (Fsp3) is 0.889. The minimum absolute atomic E-state index is 0.257. The highest BCUT2D eigenvalue weighted by Crippen LogP contribution is 2.29. The molecule has 0 aromatic rings. The molecule has 0 bridgehead atoms. The molecular formula is C18H34N4O. The van der Waals surface area contributed by atoms with Gasteiger partial charge in [-0.2, -0.15) is 0 Å². The predicted octanol–water partition coefficient (Wildman–Crippen LogP) is 2.38. The SMILES string of the molecule is CCNC(=NCC1CCCCC1C)NC1CCN(C(=O)CC)C1. The van der Waals surface area contributed by atoms with Gasteiger partial charge in [0.05, 0.1) is 0 Å². The molecule has 2 fully saturated rings. The molecule has 3 unspecified atom stereocenters. The number of hydrogen-bond acceptors (Lipinski definition) is 2. The highest BCUT2D eigenvalue weighted by Gasteiger charge is 2.26. The van der Waals surface area contributed by atoms with Gasteiger partial charge in [0.1, 0.15) is 0 Å². The zero-order valence-electron chi connectivity index (χ0n) is 15.1. The Kier molecular flexibility index (Phi) is 7.18. The van der Waals surface area contributed by atoms with Crippen molar-refractivity contribution in [3.63, 3.8) is 0 Å². The second-order valence-electron chi connectivity index (χ2n) is 7.06. The van der Waals surface area contributed by atoms with E-state index in [4.69, 9.17) is 4.99 Å². The number of likely N-dealkylation sites (tertiary alicyclic amines) is 1. The van der Waals surface area contributed by atoms with E-state index in [0.29, 0.717) is 12.5 Å². The van der Waals surface area contributed by atoms with Crippen LogP contribution in [0.1, 0.15) is 59.3 Å². The monoisotopic (exact) mass is 322 g/mol. The molecule has 5 heteroatoms. The summed E-state index contributed by atoms with van der Waals surface area (Å²) in [5, 5.41) is 6.88. The molecule has 0 aromatic carbocycles. The van der Waals surface area contributed by atoms with Crippen molar-refractivity contribution in [1.82, 2.24) is 15.5 Å². The van der Waals surface area contributed by atoms with Crippen LogP contribution in [0.3, 0.4) is 0 Å². The van der Waals surface area contributed by atoms with Crippen LogP contribution in [0.5, 0.6) is 0 Å². The van der Waals surface area contributed by atoms with E-state index in [1.54, 1.807) is 0 Å². The number of rotatable bonds is 5. The fourth-order valence-electron chi connectivity index (χ4n) is 3.71. The van der Waals surface area contributed by atoms with Gasteiger partial charge < -0.3 is 15.5 Å². The van der Waals surface area contributed by atoms with Gasteiger partial charge in [-0.15, -0.1) is 0 Å². The summed E-state index contributed by atoms with van der Waals surface area (Å²) in [5.41, 5.74) is 0. The standard InChI is InChI=1S/C18H34N4O/c1-4-17(23)22-11-10-16(13-22)21-18(19-5-2)20-12-15-9-7-6-8-14(15)3/h14-16H,4-13H2,1-3H3,(H2,19,20,21). The average Bonchev–Trinajstić information content (AvgIpc) is 3.02.